The van der Waals surface area contributed by atoms with Crippen LogP contribution in [-0.4, -0.2) is 22.8 Å². The summed E-state index contributed by atoms with van der Waals surface area (Å²) in [4.78, 5) is 24.1. The van der Waals surface area contributed by atoms with E-state index in [0.29, 0.717) is 6.42 Å². The number of carbonyl (C=O) groups excluding carboxylic acids is 2. The summed E-state index contributed by atoms with van der Waals surface area (Å²) < 4.78 is 12.7. The number of amides is 2. The first-order chi connectivity index (χ1) is 8.08. The predicted octanol–water partition coefficient (Wildman–Crippen LogP) is 1.68. The third kappa shape index (κ3) is 2.41. The molecule has 1 aromatic rings. The number of halogens is 1. The fourth-order valence-electron chi connectivity index (χ4n) is 1.90. The van der Waals surface area contributed by atoms with Gasteiger partial charge in [0.2, 0.25) is 0 Å². The molecule has 2 amide bonds. The fourth-order valence-corrected chi connectivity index (χ4v) is 1.90. The van der Waals surface area contributed by atoms with Gasteiger partial charge in [-0.15, -0.1) is 0 Å². The molecule has 0 aromatic heterocycles. The van der Waals surface area contributed by atoms with E-state index < -0.39 is 0 Å². The fraction of sp³-hybridized carbons (Fsp3) is 0.231. The summed E-state index contributed by atoms with van der Waals surface area (Å²) in [5, 5.41) is 0. The van der Waals surface area contributed by atoms with Crippen molar-refractivity contribution in [2.24, 2.45) is 0 Å². The van der Waals surface area contributed by atoms with Crippen LogP contribution >= 0.6 is 0 Å². The molecule has 4 heteroatoms. The normalized spacial score (nSPS) is 16.7. The maximum absolute atomic E-state index is 12.7. The Balaban J connectivity index is 2.07. The van der Waals surface area contributed by atoms with Gasteiger partial charge >= 0.3 is 0 Å². The zero-order chi connectivity index (χ0) is 12.4. The van der Waals surface area contributed by atoms with Crippen molar-refractivity contribution in [1.29, 1.82) is 0 Å². The molecular weight excluding hydrogens is 221 g/mol. The summed E-state index contributed by atoms with van der Waals surface area (Å²) >= 11 is 0. The minimum atomic E-state index is -0.295. The number of nitrogens with zero attached hydrogens (tertiary/aromatic N) is 1. The topological polar surface area (TPSA) is 37.4 Å². The van der Waals surface area contributed by atoms with Crippen molar-refractivity contribution in [1.82, 2.24) is 4.90 Å². The summed E-state index contributed by atoms with van der Waals surface area (Å²) in [6.07, 6.45) is 3.06. The number of carbonyl (C=O) groups is 2. The zero-order valence-electron chi connectivity index (χ0n) is 9.39. The van der Waals surface area contributed by atoms with E-state index in [1.165, 1.54) is 29.2 Å². The highest BCUT2D eigenvalue weighted by Crippen LogP contribution is 2.14. The molecule has 0 saturated carbocycles. The third-order valence-corrected chi connectivity index (χ3v) is 2.73. The number of rotatable bonds is 3. The van der Waals surface area contributed by atoms with Gasteiger partial charge in [-0.05, 0) is 31.0 Å². The van der Waals surface area contributed by atoms with Gasteiger partial charge in [-0.1, -0.05) is 12.1 Å². The highest BCUT2D eigenvalue weighted by Gasteiger charge is 2.28. The van der Waals surface area contributed by atoms with Gasteiger partial charge in [0.1, 0.15) is 5.82 Å². The maximum Gasteiger partial charge on any atom is 0.253 e. The van der Waals surface area contributed by atoms with E-state index in [-0.39, 0.29) is 23.7 Å². The Kier molecular flexibility index (Phi) is 3.04. The van der Waals surface area contributed by atoms with Crippen LogP contribution in [0, 0.1) is 5.82 Å². The van der Waals surface area contributed by atoms with E-state index in [2.05, 4.69) is 0 Å². The molecule has 1 aliphatic rings. The number of benzene rings is 1. The molecule has 0 bridgehead atoms. The Labute approximate surface area is 98.5 Å². The number of hydrogen-bond donors (Lipinski definition) is 0. The van der Waals surface area contributed by atoms with E-state index in [4.69, 9.17) is 0 Å². The van der Waals surface area contributed by atoms with Gasteiger partial charge in [-0.2, -0.15) is 0 Å². The molecule has 0 spiro atoms. The summed E-state index contributed by atoms with van der Waals surface area (Å²) in [5.74, 6) is -0.870. The SMILES string of the molecule is CC(Cc1ccc(F)cc1)N1C(=O)C=CC1=O. The maximum atomic E-state index is 12.7. The molecule has 3 nitrogen and oxygen atoms in total. The average molecular weight is 233 g/mol. The molecule has 1 unspecified atom stereocenters. The first-order valence-corrected chi connectivity index (χ1v) is 5.37. The van der Waals surface area contributed by atoms with Crippen molar-refractivity contribution in [2.45, 2.75) is 19.4 Å². The molecule has 1 aromatic carbocycles. The lowest BCUT2D eigenvalue weighted by Crippen LogP contribution is -2.39. The molecule has 1 heterocycles. The predicted molar refractivity (Wildman–Crippen MR) is 60.6 cm³/mol. The summed E-state index contributed by atoms with van der Waals surface area (Å²) in [5.41, 5.74) is 0.895. The lowest BCUT2D eigenvalue weighted by Gasteiger charge is -2.22. The van der Waals surface area contributed by atoms with E-state index in [1.54, 1.807) is 19.1 Å². The molecule has 0 fully saturated rings. The Morgan fingerprint density at radius 3 is 2.18 bits per heavy atom. The molecular formula is C13H12FNO2. The van der Waals surface area contributed by atoms with E-state index in [1.807, 2.05) is 0 Å². The van der Waals surface area contributed by atoms with Crippen LogP contribution in [0.2, 0.25) is 0 Å². The van der Waals surface area contributed by atoms with Crippen molar-refractivity contribution >= 4 is 11.8 Å². The lowest BCUT2D eigenvalue weighted by atomic mass is 10.1. The molecule has 0 aliphatic carbocycles. The Bertz CT molecular complexity index is 461. The van der Waals surface area contributed by atoms with Crippen molar-refractivity contribution in [3.05, 3.63) is 47.8 Å². The van der Waals surface area contributed by atoms with Crippen molar-refractivity contribution in [2.75, 3.05) is 0 Å². The van der Waals surface area contributed by atoms with Crippen LogP contribution in [-0.2, 0) is 16.0 Å². The summed E-state index contributed by atoms with van der Waals surface area (Å²) in [6.45, 7) is 1.80. The van der Waals surface area contributed by atoms with Gasteiger partial charge in [0.25, 0.3) is 11.8 Å². The molecule has 88 valence electrons. The number of hydrogen-bond acceptors (Lipinski definition) is 2. The summed E-state index contributed by atoms with van der Waals surface area (Å²) in [6, 6.07) is 5.83. The highest BCUT2D eigenvalue weighted by molar-refractivity contribution is 6.13. The molecule has 1 atom stereocenters. The molecule has 1 aliphatic heterocycles. The zero-order valence-corrected chi connectivity index (χ0v) is 9.39. The second kappa shape index (κ2) is 4.49. The van der Waals surface area contributed by atoms with Crippen molar-refractivity contribution < 1.29 is 14.0 Å². The quantitative estimate of drug-likeness (QED) is 0.745. The monoisotopic (exact) mass is 233 g/mol. The van der Waals surface area contributed by atoms with Crippen LogP contribution in [0.25, 0.3) is 0 Å². The Morgan fingerprint density at radius 1 is 1.12 bits per heavy atom. The van der Waals surface area contributed by atoms with Gasteiger partial charge in [0, 0.05) is 18.2 Å². The van der Waals surface area contributed by atoms with Crippen LogP contribution in [0.4, 0.5) is 4.39 Å². The minimum Gasteiger partial charge on any atom is -0.272 e. The standard InChI is InChI=1S/C13H12FNO2/c1-9(15-12(16)6-7-13(15)17)8-10-2-4-11(14)5-3-10/h2-7,9H,8H2,1H3. The van der Waals surface area contributed by atoms with Gasteiger partial charge < -0.3 is 0 Å². The molecule has 2 rings (SSSR count). The second-order valence-corrected chi connectivity index (χ2v) is 4.06. The van der Waals surface area contributed by atoms with Gasteiger partial charge in [0.15, 0.2) is 0 Å². The van der Waals surface area contributed by atoms with Crippen LogP contribution in [0.1, 0.15) is 12.5 Å². The van der Waals surface area contributed by atoms with E-state index in [0.717, 1.165) is 5.56 Å². The molecule has 0 N–H and O–H groups in total. The van der Waals surface area contributed by atoms with E-state index in [9.17, 15) is 14.0 Å². The minimum absolute atomic E-state index is 0.226. The molecule has 17 heavy (non-hydrogen) atoms. The molecule has 0 saturated heterocycles. The lowest BCUT2D eigenvalue weighted by molar-refractivity contribution is -0.139. The van der Waals surface area contributed by atoms with Crippen molar-refractivity contribution in [3.8, 4) is 0 Å². The third-order valence-electron chi connectivity index (χ3n) is 2.73. The Hall–Kier alpha value is -1.97. The largest absolute Gasteiger partial charge is 0.272 e. The van der Waals surface area contributed by atoms with E-state index >= 15 is 0 Å². The molecule has 0 radical (unpaired) electrons. The number of imide groups is 1. The highest BCUT2D eigenvalue weighted by atomic mass is 19.1. The average Bonchev–Trinajstić information content (AvgIpc) is 2.62. The van der Waals surface area contributed by atoms with Crippen LogP contribution in [0.15, 0.2) is 36.4 Å². The van der Waals surface area contributed by atoms with Gasteiger partial charge in [0.05, 0.1) is 0 Å². The first-order valence-electron chi connectivity index (χ1n) is 5.37. The van der Waals surface area contributed by atoms with Gasteiger partial charge in [-0.3, -0.25) is 14.5 Å². The summed E-state index contributed by atoms with van der Waals surface area (Å²) in [7, 11) is 0. The second-order valence-electron chi connectivity index (χ2n) is 4.06. The van der Waals surface area contributed by atoms with Crippen molar-refractivity contribution in [3.63, 3.8) is 0 Å². The first kappa shape index (κ1) is 11.5. The Morgan fingerprint density at radius 2 is 1.65 bits per heavy atom. The van der Waals surface area contributed by atoms with Crippen LogP contribution < -0.4 is 0 Å². The van der Waals surface area contributed by atoms with Crippen LogP contribution in [0.5, 0.6) is 0 Å². The van der Waals surface area contributed by atoms with Gasteiger partial charge in [-0.25, -0.2) is 4.39 Å². The smallest absolute Gasteiger partial charge is 0.253 e. The van der Waals surface area contributed by atoms with Crippen LogP contribution in [0.3, 0.4) is 0 Å².